The molecule has 190 valence electrons. The summed E-state index contributed by atoms with van der Waals surface area (Å²) in [5.74, 6) is 0.521. The Kier molecular flexibility index (Phi) is 9.40. The molecule has 0 atom stereocenters. The number of aryl methyl sites for hydroxylation is 1. The van der Waals surface area contributed by atoms with Gasteiger partial charge in [-0.15, -0.1) is 12.4 Å². The van der Waals surface area contributed by atoms with Crippen molar-refractivity contribution < 1.29 is 9.53 Å². The second-order valence-corrected chi connectivity index (χ2v) is 9.51. The van der Waals surface area contributed by atoms with Crippen molar-refractivity contribution in [2.75, 3.05) is 26.7 Å². The van der Waals surface area contributed by atoms with E-state index in [9.17, 15) is 9.59 Å². The molecule has 3 aromatic rings. The SMILES string of the molecule is COc1cccc(-c2cn3cc(CCCN4CCCCC4)cc3c(=O)n2CC(=O)NC(C)C)c1.Cl. The van der Waals surface area contributed by atoms with Crippen molar-refractivity contribution in [2.45, 2.75) is 58.5 Å². The predicted molar refractivity (Wildman–Crippen MR) is 143 cm³/mol. The lowest BCUT2D eigenvalue weighted by atomic mass is 10.1. The van der Waals surface area contributed by atoms with Crippen LogP contribution in [0.2, 0.25) is 0 Å². The number of hydrogen-bond acceptors (Lipinski definition) is 4. The van der Waals surface area contributed by atoms with Gasteiger partial charge in [0.1, 0.15) is 17.8 Å². The van der Waals surface area contributed by atoms with Crippen LogP contribution in [0.5, 0.6) is 5.75 Å². The molecule has 0 spiro atoms. The maximum Gasteiger partial charge on any atom is 0.275 e. The highest BCUT2D eigenvalue weighted by atomic mass is 35.5. The van der Waals surface area contributed by atoms with Gasteiger partial charge in [-0.25, -0.2) is 0 Å². The zero-order chi connectivity index (χ0) is 24.1. The number of nitrogens with zero attached hydrogens (tertiary/aromatic N) is 3. The molecule has 8 heteroatoms. The third kappa shape index (κ3) is 6.67. The van der Waals surface area contributed by atoms with Gasteiger partial charge in [0.25, 0.3) is 5.56 Å². The van der Waals surface area contributed by atoms with Crippen LogP contribution in [-0.2, 0) is 17.8 Å². The topological polar surface area (TPSA) is 68.0 Å². The first-order chi connectivity index (χ1) is 16.4. The second-order valence-electron chi connectivity index (χ2n) is 9.51. The molecule has 7 nitrogen and oxygen atoms in total. The lowest BCUT2D eigenvalue weighted by Crippen LogP contribution is -2.36. The van der Waals surface area contributed by atoms with Crippen LogP contribution in [0.15, 0.2) is 47.5 Å². The van der Waals surface area contributed by atoms with Gasteiger partial charge in [-0.05, 0) is 82.9 Å². The Bertz CT molecular complexity index is 1190. The minimum atomic E-state index is -0.182. The smallest absolute Gasteiger partial charge is 0.275 e. The van der Waals surface area contributed by atoms with Crippen LogP contribution in [0, 0.1) is 0 Å². The average molecular weight is 501 g/mol. The van der Waals surface area contributed by atoms with Gasteiger partial charge in [0.15, 0.2) is 0 Å². The van der Waals surface area contributed by atoms with E-state index in [0.29, 0.717) is 17.0 Å². The number of nitrogens with one attached hydrogen (secondary N) is 1. The maximum absolute atomic E-state index is 13.6. The van der Waals surface area contributed by atoms with Crippen molar-refractivity contribution >= 4 is 23.8 Å². The number of carbonyl (C=O) groups is 1. The molecule has 0 radical (unpaired) electrons. The van der Waals surface area contributed by atoms with E-state index < -0.39 is 0 Å². The summed E-state index contributed by atoms with van der Waals surface area (Å²) in [5.41, 5.74) is 3.09. The molecule has 0 saturated carbocycles. The number of rotatable bonds is 9. The number of piperidine rings is 1. The van der Waals surface area contributed by atoms with Gasteiger partial charge >= 0.3 is 0 Å². The number of hydrogen-bond donors (Lipinski definition) is 1. The normalized spacial score (nSPS) is 14.2. The molecule has 1 aromatic carbocycles. The molecule has 0 bridgehead atoms. The summed E-state index contributed by atoms with van der Waals surface area (Å²) in [6, 6.07) is 9.57. The van der Waals surface area contributed by atoms with E-state index in [1.165, 1.54) is 32.4 Å². The van der Waals surface area contributed by atoms with Crippen LogP contribution in [0.4, 0.5) is 0 Å². The van der Waals surface area contributed by atoms with Crippen molar-refractivity contribution in [3.8, 4) is 17.0 Å². The van der Waals surface area contributed by atoms with Crippen LogP contribution in [0.25, 0.3) is 16.8 Å². The lowest BCUT2D eigenvalue weighted by molar-refractivity contribution is -0.122. The van der Waals surface area contributed by atoms with Crippen LogP contribution < -0.4 is 15.6 Å². The molecular weight excluding hydrogens is 464 g/mol. The second kappa shape index (κ2) is 12.3. The van der Waals surface area contributed by atoms with Crippen molar-refractivity contribution in [2.24, 2.45) is 0 Å². The standard InChI is InChI=1S/C27H36N4O3.ClH/c1-20(2)28-26(32)19-31-25(22-10-7-11-23(16-22)34-3)18-30-17-21(15-24(30)27(31)33)9-8-14-29-12-5-4-6-13-29;/h7,10-11,15-18,20H,4-6,8-9,12-14,19H2,1-3H3,(H,28,32);1H. The van der Waals surface area contributed by atoms with Crippen molar-refractivity contribution in [3.63, 3.8) is 0 Å². The first kappa shape index (κ1) is 26.8. The molecular formula is C27H37ClN4O3. The van der Waals surface area contributed by atoms with Gasteiger partial charge in [0.2, 0.25) is 5.91 Å². The number of fused-ring (bicyclic) bond motifs is 1. The Balaban J connectivity index is 0.00000342. The van der Waals surface area contributed by atoms with E-state index in [2.05, 4.69) is 16.4 Å². The monoisotopic (exact) mass is 500 g/mol. The van der Waals surface area contributed by atoms with Crippen LogP contribution >= 0.6 is 12.4 Å². The highest BCUT2D eigenvalue weighted by molar-refractivity contribution is 5.85. The van der Waals surface area contributed by atoms with E-state index in [0.717, 1.165) is 30.5 Å². The lowest BCUT2D eigenvalue weighted by Gasteiger charge is -2.26. The fourth-order valence-corrected chi connectivity index (χ4v) is 4.77. The van der Waals surface area contributed by atoms with Gasteiger partial charge in [-0.2, -0.15) is 0 Å². The van der Waals surface area contributed by atoms with Crippen LogP contribution in [-0.4, -0.2) is 52.6 Å². The Hall–Kier alpha value is -2.77. The Labute approximate surface area is 213 Å². The number of carbonyl (C=O) groups excluding carboxylic acids is 1. The summed E-state index contributed by atoms with van der Waals surface area (Å²) >= 11 is 0. The minimum Gasteiger partial charge on any atom is -0.497 e. The third-order valence-corrected chi connectivity index (χ3v) is 6.43. The number of halogens is 1. The molecule has 3 heterocycles. The first-order valence-corrected chi connectivity index (χ1v) is 12.3. The predicted octanol–water partition coefficient (Wildman–Crippen LogP) is 4.14. The fraction of sp³-hybridized carbons (Fsp3) is 0.481. The Morgan fingerprint density at radius 3 is 2.60 bits per heavy atom. The average Bonchev–Trinajstić information content (AvgIpc) is 3.24. The summed E-state index contributed by atoms with van der Waals surface area (Å²) in [4.78, 5) is 28.7. The molecule has 0 aliphatic carbocycles. The summed E-state index contributed by atoms with van der Waals surface area (Å²) in [5, 5.41) is 2.90. The van der Waals surface area contributed by atoms with E-state index in [1.54, 1.807) is 11.7 Å². The van der Waals surface area contributed by atoms with E-state index in [-0.39, 0.29) is 36.5 Å². The van der Waals surface area contributed by atoms with Gasteiger partial charge in [-0.3, -0.25) is 14.2 Å². The van der Waals surface area contributed by atoms with Gasteiger partial charge in [0.05, 0.1) is 12.8 Å². The molecule has 1 aliphatic heterocycles. The molecule has 4 rings (SSSR count). The molecule has 1 fully saturated rings. The first-order valence-electron chi connectivity index (χ1n) is 12.3. The number of amides is 1. The van der Waals surface area contributed by atoms with Gasteiger partial charge < -0.3 is 19.4 Å². The Morgan fingerprint density at radius 1 is 1.11 bits per heavy atom. The van der Waals surface area contributed by atoms with Gasteiger partial charge in [0, 0.05) is 24.0 Å². The number of benzene rings is 1. The minimum absolute atomic E-state index is 0. The highest BCUT2D eigenvalue weighted by Crippen LogP contribution is 2.24. The molecule has 0 unspecified atom stereocenters. The largest absolute Gasteiger partial charge is 0.497 e. The van der Waals surface area contributed by atoms with Gasteiger partial charge in [-0.1, -0.05) is 18.6 Å². The summed E-state index contributed by atoms with van der Waals surface area (Å²) in [7, 11) is 1.62. The number of likely N-dealkylation sites (tertiary alicyclic amines) is 1. The summed E-state index contributed by atoms with van der Waals surface area (Å²) in [6.45, 7) is 7.29. The molecule has 1 amide bonds. The number of ether oxygens (including phenoxy) is 1. The van der Waals surface area contributed by atoms with E-state index in [4.69, 9.17) is 4.74 Å². The fourth-order valence-electron chi connectivity index (χ4n) is 4.77. The summed E-state index contributed by atoms with van der Waals surface area (Å²) < 4.78 is 8.86. The molecule has 1 aliphatic rings. The molecule has 35 heavy (non-hydrogen) atoms. The van der Waals surface area contributed by atoms with Crippen LogP contribution in [0.3, 0.4) is 0 Å². The number of methoxy groups -OCH3 is 1. The van der Waals surface area contributed by atoms with Crippen molar-refractivity contribution in [1.29, 1.82) is 0 Å². The molecule has 1 saturated heterocycles. The third-order valence-electron chi connectivity index (χ3n) is 6.43. The van der Waals surface area contributed by atoms with Crippen molar-refractivity contribution in [3.05, 3.63) is 58.6 Å². The molecule has 1 N–H and O–H groups in total. The zero-order valence-corrected chi connectivity index (χ0v) is 21.8. The van der Waals surface area contributed by atoms with Crippen molar-refractivity contribution in [1.82, 2.24) is 19.2 Å². The zero-order valence-electron chi connectivity index (χ0n) is 21.0. The summed E-state index contributed by atoms with van der Waals surface area (Å²) in [6.07, 6.45) is 9.95. The van der Waals surface area contributed by atoms with E-state index >= 15 is 0 Å². The van der Waals surface area contributed by atoms with E-state index in [1.807, 2.05) is 54.8 Å². The maximum atomic E-state index is 13.6. The Morgan fingerprint density at radius 2 is 1.89 bits per heavy atom. The highest BCUT2D eigenvalue weighted by Gasteiger charge is 2.17. The number of aromatic nitrogens is 2. The molecule has 2 aromatic heterocycles. The quantitative estimate of drug-likeness (QED) is 0.479. The van der Waals surface area contributed by atoms with Crippen LogP contribution in [0.1, 0.15) is 45.1 Å².